The minimum Gasteiger partial charge on any atom is -0.360 e. The summed E-state index contributed by atoms with van der Waals surface area (Å²) < 4.78 is 0. The van der Waals surface area contributed by atoms with E-state index in [1.807, 2.05) is 12.1 Å². The second-order valence-corrected chi connectivity index (χ2v) is 5.35. The highest BCUT2D eigenvalue weighted by Crippen LogP contribution is 2.26. The molecular formula is C17H23N3O. The van der Waals surface area contributed by atoms with Crippen molar-refractivity contribution in [2.45, 2.75) is 12.5 Å². The highest BCUT2D eigenvalue weighted by Gasteiger charge is 2.24. The Balaban J connectivity index is 2.13. The van der Waals surface area contributed by atoms with Crippen LogP contribution in [-0.4, -0.2) is 43.0 Å². The Morgan fingerprint density at radius 3 is 2.67 bits per heavy atom. The quantitative estimate of drug-likeness (QED) is 0.807. The molecule has 1 aromatic rings. The Kier molecular flexibility index (Phi) is 5.17. The van der Waals surface area contributed by atoms with Crippen LogP contribution in [0, 0.1) is 0 Å². The summed E-state index contributed by atoms with van der Waals surface area (Å²) in [5.74, 6) is 0.0682. The number of nitrogens with zero attached hydrogens (tertiary/aromatic N) is 2. The number of benzene rings is 1. The van der Waals surface area contributed by atoms with Gasteiger partial charge in [0.25, 0.3) is 0 Å². The van der Waals surface area contributed by atoms with E-state index in [9.17, 15) is 4.79 Å². The third kappa shape index (κ3) is 3.73. The summed E-state index contributed by atoms with van der Waals surface area (Å²) in [6.45, 7) is 9.51. The highest BCUT2D eigenvalue weighted by atomic mass is 16.2. The van der Waals surface area contributed by atoms with E-state index in [1.165, 1.54) is 5.56 Å². The zero-order chi connectivity index (χ0) is 15.2. The van der Waals surface area contributed by atoms with Crippen molar-refractivity contribution in [1.29, 1.82) is 0 Å². The second kappa shape index (κ2) is 7.09. The number of amides is 1. The third-order valence-electron chi connectivity index (χ3n) is 3.65. The fourth-order valence-corrected chi connectivity index (χ4v) is 2.72. The summed E-state index contributed by atoms with van der Waals surface area (Å²) in [4.78, 5) is 16.3. The van der Waals surface area contributed by atoms with Crippen LogP contribution in [0.25, 0.3) is 0 Å². The third-order valence-corrected chi connectivity index (χ3v) is 3.65. The lowest BCUT2D eigenvalue weighted by molar-refractivity contribution is -0.128. The number of anilines is 1. The van der Waals surface area contributed by atoms with Gasteiger partial charge in [-0.05, 0) is 18.1 Å². The number of carbonyl (C=O) groups excluding carboxylic acids is 1. The molecule has 4 heteroatoms. The molecule has 1 aliphatic rings. The van der Waals surface area contributed by atoms with Crippen LogP contribution in [0.15, 0.2) is 49.6 Å². The van der Waals surface area contributed by atoms with Gasteiger partial charge in [0.2, 0.25) is 5.91 Å². The predicted molar refractivity (Wildman–Crippen MR) is 87.3 cm³/mol. The first kappa shape index (κ1) is 15.3. The Hall–Kier alpha value is -2.07. The molecule has 2 N–H and O–H groups in total. The van der Waals surface area contributed by atoms with Crippen LogP contribution in [0.4, 0.5) is 5.69 Å². The first-order chi connectivity index (χ1) is 10.2. The number of para-hydroxylation sites is 1. The number of nitrogens with two attached hydrogens (primary N) is 1. The Morgan fingerprint density at radius 2 is 2.00 bits per heavy atom. The van der Waals surface area contributed by atoms with Crippen LogP contribution in [0.1, 0.15) is 5.56 Å². The van der Waals surface area contributed by atoms with Crippen LogP contribution in [0.2, 0.25) is 0 Å². The van der Waals surface area contributed by atoms with Gasteiger partial charge in [0, 0.05) is 31.4 Å². The molecule has 0 saturated heterocycles. The van der Waals surface area contributed by atoms with E-state index in [0.29, 0.717) is 26.2 Å². The topological polar surface area (TPSA) is 49.6 Å². The standard InChI is InChI=1S/C17H23N3O/c1-3-9-19(10-4-2)17(21)13-20-12-15(18)11-14-7-5-6-8-16(14)20/h3-8,15H,1-2,9-13,18H2. The Labute approximate surface area is 126 Å². The average molecular weight is 285 g/mol. The lowest BCUT2D eigenvalue weighted by atomic mass is 9.98. The second-order valence-electron chi connectivity index (χ2n) is 5.35. The van der Waals surface area contributed by atoms with E-state index in [1.54, 1.807) is 17.1 Å². The van der Waals surface area contributed by atoms with E-state index in [0.717, 1.165) is 12.1 Å². The molecule has 1 aromatic carbocycles. The summed E-state index contributed by atoms with van der Waals surface area (Å²) in [6, 6.07) is 8.22. The van der Waals surface area contributed by atoms with Gasteiger partial charge in [-0.15, -0.1) is 13.2 Å². The monoisotopic (exact) mass is 285 g/mol. The van der Waals surface area contributed by atoms with Crippen molar-refractivity contribution in [2.24, 2.45) is 5.73 Å². The number of fused-ring (bicyclic) bond motifs is 1. The van der Waals surface area contributed by atoms with E-state index in [4.69, 9.17) is 5.73 Å². The molecule has 1 unspecified atom stereocenters. The predicted octanol–water partition coefficient (Wildman–Crippen LogP) is 1.58. The van der Waals surface area contributed by atoms with Crippen molar-refractivity contribution in [2.75, 3.05) is 31.1 Å². The maximum absolute atomic E-state index is 12.5. The van der Waals surface area contributed by atoms with Gasteiger partial charge in [0.05, 0.1) is 6.54 Å². The molecular weight excluding hydrogens is 262 g/mol. The smallest absolute Gasteiger partial charge is 0.242 e. The lowest BCUT2D eigenvalue weighted by Gasteiger charge is -2.35. The number of hydrogen-bond donors (Lipinski definition) is 1. The zero-order valence-corrected chi connectivity index (χ0v) is 12.4. The molecule has 0 radical (unpaired) electrons. The van der Waals surface area contributed by atoms with Crippen molar-refractivity contribution < 1.29 is 4.79 Å². The number of hydrogen-bond acceptors (Lipinski definition) is 3. The largest absolute Gasteiger partial charge is 0.360 e. The van der Waals surface area contributed by atoms with Crippen LogP contribution < -0.4 is 10.6 Å². The molecule has 112 valence electrons. The van der Waals surface area contributed by atoms with Crippen molar-refractivity contribution >= 4 is 11.6 Å². The summed E-state index contributed by atoms with van der Waals surface area (Å²) in [5, 5.41) is 0. The summed E-state index contributed by atoms with van der Waals surface area (Å²) >= 11 is 0. The maximum Gasteiger partial charge on any atom is 0.242 e. The van der Waals surface area contributed by atoms with Gasteiger partial charge >= 0.3 is 0 Å². The van der Waals surface area contributed by atoms with Crippen LogP contribution in [0.5, 0.6) is 0 Å². The molecule has 0 bridgehead atoms. The molecule has 0 aliphatic carbocycles. The van der Waals surface area contributed by atoms with Gasteiger partial charge in [-0.25, -0.2) is 0 Å². The summed E-state index contributed by atoms with van der Waals surface area (Å²) in [6.07, 6.45) is 4.33. The van der Waals surface area contributed by atoms with Crippen molar-refractivity contribution in [1.82, 2.24) is 4.90 Å². The molecule has 2 rings (SSSR count). The molecule has 4 nitrogen and oxygen atoms in total. The fourth-order valence-electron chi connectivity index (χ4n) is 2.72. The van der Waals surface area contributed by atoms with Crippen LogP contribution in [0.3, 0.4) is 0 Å². The van der Waals surface area contributed by atoms with E-state index in [2.05, 4.69) is 30.2 Å². The molecule has 0 aromatic heterocycles. The summed E-state index contributed by atoms with van der Waals surface area (Å²) in [7, 11) is 0. The molecule has 1 atom stereocenters. The van der Waals surface area contributed by atoms with Crippen molar-refractivity contribution in [3.8, 4) is 0 Å². The number of rotatable bonds is 6. The van der Waals surface area contributed by atoms with Crippen molar-refractivity contribution in [3.05, 3.63) is 55.1 Å². The normalized spacial score (nSPS) is 17.0. The van der Waals surface area contributed by atoms with Gasteiger partial charge in [-0.2, -0.15) is 0 Å². The van der Waals surface area contributed by atoms with Crippen LogP contribution in [-0.2, 0) is 11.2 Å². The van der Waals surface area contributed by atoms with E-state index in [-0.39, 0.29) is 11.9 Å². The lowest BCUT2D eigenvalue weighted by Crippen LogP contribution is -2.48. The van der Waals surface area contributed by atoms with Gasteiger partial charge in [0.1, 0.15) is 0 Å². The zero-order valence-electron chi connectivity index (χ0n) is 12.4. The molecule has 21 heavy (non-hydrogen) atoms. The Bertz CT molecular complexity index is 517. The van der Waals surface area contributed by atoms with E-state index >= 15 is 0 Å². The van der Waals surface area contributed by atoms with Gasteiger partial charge in [-0.3, -0.25) is 4.79 Å². The molecule has 0 saturated carbocycles. The van der Waals surface area contributed by atoms with Gasteiger partial charge in [0.15, 0.2) is 0 Å². The summed E-state index contributed by atoms with van der Waals surface area (Å²) in [5.41, 5.74) is 8.44. The maximum atomic E-state index is 12.5. The fraction of sp³-hybridized carbons (Fsp3) is 0.353. The molecule has 1 heterocycles. The van der Waals surface area contributed by atoms with Crippen LogP contribution >= 0.6 is 0 Å². The molecule has 0 fully saturated rings. The Morgan fingerprint density at radius 1 is 1.33 bits per heavy atom. The highest BCUT2D eigenvalue weighted by molar-refractivity contribution is 5.82. The van der Waals surface area contributed by atoms with Gasteiger partial charge in [-0.1, -0.05) is 30.4 Å². The minimum atomic E-state index is 0.0682. The van der Waals surface area contributed by atoms with Gasteiger partial charge < -0.3 is 15.5 Å². The minimum absolute atomic E-state index is 0.0682. The first-order valence-electron chi connectivity index (χ1n) is 7.23. The molecule has 1 aliphatic heterocycles. The first-order valence-corrected chi connectivity index (χ1v) is 7.23. The number of carbonyl (C=O) groups is 1. The SMILES string of the molecule is C=CCN(CC=C)C(=O)CN1CC(N)Cc2ccccc21. The molecule has 1 amide bonds. The van der Waals surface area contributed by atoms with E-state index < -0.39 is 0 Å². The average Bonchev–Trinajstić information content (AvgIpc) is 2.46. The van der Waals surface area contributed by atoms with Crippen molar-refractivity contribution in [3.63, 3.8) is 0 Å². The molecule has 0 spiro atoms.